The third-order valence-corrected chi connectivity index (χ3v) is 5.04. The number of carbonyl (C=O) groups is 2. The Kier molecular flexibility index (Phi) is 6.68. The van der Waals surface area contributed by atoms with Crippen molar-refractivity contribution in [1.82, 2.24) is 5.32 Å². The Morgan fingerprint density at radius 2 is 1.72 bits per heavy atom. The van der Waals surface area contributed by atoms with Crippen molar-refractivity contribution in [2.24, 2.45) is 5.73 Å². The van der Waals surface area contributed by atoms with Gasteiger partial charge in [-0.3, -0.25) is 9.59 Å². The van der Waals surface area contributed by atoms with Crippen LogP contribution in [-0.2, 0) is 24.2 Å². The Bertz CT molecular complexity index is 1050. The number of hydrogen-bond donors (Lipinski definition) is 2. The summed E-state index contributed by atoms with van der Waals surface area (Å²) < 4.78 is 0. The number of aryl methyl sites for hydroxylation is 2. The number of carbonyl (C=O) groups excluding carboxylic acids is 2. The van der Waals surface area contributed by atoms with Crippen molar-refractivity contribution in [1.29, 1.82) is 0 Å². The number of amides is 2. The molecule has 0 aliphatic rings. The third-order valence-electron chi connectivity index (χ3n) is 4.81. The van der Waals surface area contributed by atoms with Gasteiger partial charge in [0.1, 0.15) is 0 Å². The lowest BCUT2D eigenvalue weighted by molar-refractivity contribution is -0.119. The average molecular weight is 407 g/mol. The van der Waals surface area contributed by atoms with Gasteiger partial charge in [0.05, 0.1) is 0 Å². The van der Waals surface area contributed by atoms with Gasteiger partial charge in [0.2, 0.25) is 11.8 Å². The number of rotatable bonds is 7. The first kappa shape index (κ1) is 20.6. The number of halogens is 1. The molecule has 0 saturated heterocycles. The van der Waals surface area contributed by atoms with E-state index in [1.54, 1.807) is 12.1 Å². The quantitative estimate of drug-likeness (QED) is 0.605. The molecule has 3 aromatic carbocycles. The van der Waals surface area contributed by atoms with E-state index in [4.69, 9.17) is 17.3 Å². The molecule has 0 bridgehead atoms. The molecule has 0 saturated carbocycles. The van der Waals surface area contributed by atoms with Crippen molar-refractivity contribution < 1.29 is 9.59 Å². The molecular weight excluding hydrogens is 384 g/mol. The molecule has 3 N–H and O–H groups in total. The molecule has 0 aromatic heterocycles. The Morgan fingerprint density at radius 1 is 0.931 bits per heavy atom. The van der Waals surface area contributed by atoms with Crippen LogP contribution in [0.2, 0.25) is 5.02 Å². The van der Waals surface area contributed by atoms with E-state index in [1.807, 2.05) is 48.5 Å². The third kappa shape index (κ3) is 5.46. The summed E-state index contributed by atoms with van der Waals surface area (Å²) >= 11 is 6.10. The van der Waals surface area contributed by atoms with Crippen LogP contribution in [0, 0.1) is 0 Å². The lowest BCUT2D eigenvalue weighted by Crippen LogP contribution is -2.20. The minimum Gasteiger partial charge on any atom is -0.366 e. The molecule has 148 valence electrons. The Morgan fingerprint density at radius 3 is 2.45 bits per heavy atom. The maximum atomic E-state index is 11.8. The summed E-state index contributed by atoms with van der Waals surface area (Å²) in [7, 11) is 0. The van der Waals surface area contributed by atoms with Gasteiger partial charge < -0.3 is 11.1 Å². The van der Waals surface area contributed by atoms with Crippen molar-refractivity contribution >= 4 is 23.4 Å². The first-order valence-electron chi connectivity index (χ1n) is 9.44. The smallest absolute Gasteiger partial charge is 0.249 e. The maximum Gasteiger partial charge on any atom is 0.249 e. The van der Waals surface area contributed by atoms with E-state index < -0.39 is 5.91 Å². The second-order valence-electron chi connectivity index (χ2n) is 6.93. The SMILES string of the molecule is CC(=O)NCc1ccc(-c2ccccc2C(N)=O)cc1CCc1cccc(Cl)c1. The number of benzene rings is 3. The lowest BCUT2D eigenvalue weighted by atomic mass is 9.93. The van der Waals surface area contributed by atoms with Crippen LogP contribution in [0.1, 0.15) is 34.0 Å². The highest BCUT2D eigenvalue weighted by Crippen LogP contribution is 2.27. The number of nitrogens with two attached hydrogens (primary N) is 1. The monoisotopic (exact) mass is 406 g/mol. The Hall–Kier alpha value is -3.11. The molecule has 4 nitrogen and oxygen atoms in total. The highest BCUT2D eigenvalue weighted by atomic mass is 35.5. The van der Waals surface area contributed by atoms with E-state index in [-0.39, 0.29) is 5.91 Å². The molecule has 2 amide bonds. The van der Waals surface area contributed by atoms with Crippen molar-refractivity contribution in [3.8, 4) is 11.1 Å². The zero-order valence-corrected chi connectivity index (χ0v) is 17.0. The van der Waals surface area contributed by atoms with Crippen LogP contribution >= 0.6 is 11.6 Å². The highest BCUT2D eigenvalue weighted by molar-refractivity contribution is 6.30. The first-order valence-corrected chi connectivity index (χ1v) is 9.81. The largest absolute Gasteiger partial charge is 0.366 e. The molecule has 0 unspecified atom stereocenters. The minimum absolute atomic E-state index is 0.0751. The Balaban J connectivity index is 1.95. The van der Waals surface area contributed by atoms with Crippen molar-refractivity contribution in [3.05, 3.63) is 94.0 Å². The molecule has 3 aromatic rings. The van der Waals surface area contributed by atoms with Crippen molar-refractivity contribution in [2.45, 2.75) is 26.3 Å². The summed E-state index contributed by atoms with van der Waals surface area (Å²) in [6, 6.07) is 21.1. The predicted octanol–water partition coefficient (Wildman–Crippen LogP) is 4.53. The van der Waals surface area contributed by atoms with Gasteiger partial charge in [-0.15, -0.1) is 0 Å². The first-order chi connectivity index (χ1) is 13.9. The van der Waals surface area contributed by atoms with Crippen LogP contribution in [0.5, 0.6) is 0 Å². The van der Waals surface area contributed by atoms with E-state index in [2.05, 4.69) is 11.4 Å². The summed E-state index contributed by atoms with van der Waals surface area (Å²) in [5, 5.41) is 3.58. The second-order valence-corrected chi connectivity index (χ2v) is 7.37. The molecule has 0 aliphatic heterocycles. The van der Waals surface area contributed by atoms with Gasteiger partial charge in [0, 0.05) is 24.1 Å². The van der Waals surface area contributed by atoms with E-state index in [0.29, 0.717) is 17.1 Å². The van der Waals surface area contributed by atoms with Gasteiger partial charge in [-0.2, -0.15) is 0 Å². The van der Waals surface area contributed by atoms with Crippen LogP contribution in [0.15, 0.2) is 66.7 Å². The molecule has 0 aliphatic carbocycles. The van der Waals surface area contributed by atoms with Crippen molar-refractivity contribution in [3.63, 3.8) is 0 Å². The molecule has 0 radical (unpaired) electrons. The van der Waals surface area contributed by atoms with Gasteiger partial charge in [-0.25, -0.2) is 0 Å². The fourth-order valence-electron chi connectivity index (χ4n) is 3.34. The molecule has 5 heteroatoms. The van der Waals surface area contributed by atoms with Gasteiger partial charge in [-0.1, -0.05) is 60.1 Å². The highest BCUT2D eigenvalue weighted by Gasteiger charge is 2.12. The number of hydrogen-bond acceptors (Lipinski definition) is 2. The maximum absolute atomic E-state index is 11.8. The minimum atomic E-state index is -0.455. The van der Waals surface area contributed by atoms with Crippen LogP contribution in [-0.4, -0.2) is 11.8 Å². The molecule has 3 rings (SSSR count). The summed E-state index contributed by atoms with van der Waals surface area (Å²) in [5.41, 5.74) is 11.1. The van der Waals surface area contributed by atoms with E-state index >= 15 is 0 Å². The fraction of sp³-hybridized carbons (Fsp3) is 0.167. The van der Waals surface area contributed by atoms with Crippen LogP contribution in [0.25, 0.3) is 11.1 Å². The van der Waals surface area contributed by atoms with Crippen LogP contribution < -0.4 is 11.1 Å². The van der Waals surface area contributed by atoms with Crippen LogP contribution in [0.4, 0.5) is 0 Å². The molecule has 0 heterocycles. The fourth-order valence-corrected chi connectivity index (χ4v) is 3.55. The zero-order valence-electron chi connectivity index (χ0n) is 16.2. The molecule has 0 spiro atoms. The zero-order chi connectivity index (χ0) is 20.8. The molecular formula is C24H23ClN2O2. The van der Waals surface area contributed by atoms with Gasteiger partial charge in [0.25, 0.3) is 0 Å². The second kappa shape index (κ2) is 9.39. The Labute approximate surface area is 175 Å². The molecule has 0 fully saturated rings. The van der Waals surface area contributed by atoms with E-state index in [1.165, 1.54) is 6.92 Å². The number of primary amides is 1. The van der Waals surface area contributed by atoms with E-state index in [9.17, 15) is 9.59 Å². The topological polar surface area (TPSA) is 72.2 Å². The van der Waals surface area contributed by atoms with Crippen molar-refractivity contribution in [2.75, 3.05) is 0 Å². The average Bonchev–Trinajstić information content (AvgIpc) is 2.71. The molecule has 0 atom stereocenters. The summed E-state index contributed by atoms with van der Waals surface area (Å²) in [6.45, 7) is 1.96. The number of nitrogens with one attached hydrogen (secondary N) is 1. The normalized spacial score (nSPS) is 10.6. The summed E-state index contributed by atoms with van der Waals surface area (Å²) in [6.07, 6.45) is 1.59. The standard InChI is InChI=1S/C24H23ClN2O2/c1-16(28)27-15-20-12-11-19(22-7-2-3-8-23(22)24(26)29)14-18(20)10-9-17-5-4-6-21(25)13-17/h2-8,11-14H,9-10,15H2,1H3,(H2,26,29)(H,27,28). The predicted molar refractivity (Wildman–Crippen MR) is 117 cm³/mol. The van der Waals surface area contributed by atoms with E-state index in [0.717, 1.165) is 40.7 Å². The summed E-state index contributed by atoms with van der Waals surface area (Å²) in [4.78, 5) is 23.2. The van der Waals surface area contributed by atoms with Gasteiger partial charge in [-0.05, 0) is 58.9 Å². The lowest BCUT2D eigenvalue weighted by Gasteiger charge is -2.14. The van der Waals surface area contributed by atoms with Gasteiger partial charge >= 0.3 is 0 Å². The summed E-state index contributed by atoms with van der Waals surface area (Å²) in [5.74, 6) is -0.530. The van der Waals surface area contributed by atoms with Crippen LogP contribution in [0.3, 0.4) is 0 Å². The van der Waals surface area contributed by atoms with Gasteiger partial charge in [0.15, 0.2) is 0 Å². The molecule has 29 heavy (non-hydrogen) atoms.